The molecule has 0 aromatic heterocycles. The Bertz CT molecular complexity index is 520. The summed E-state index contributed by atoms with van der Waals surface area (Å²) < 4.78 is 16.4. The summed E-state index contributed by atoms with van der Waals surface area (Å²) in [6.45, 7) is 6.84. The molecule has 0 spiro atoms. The van der Waals surface area contributed by atoms with Gasteiger partial charge >= 0.3 is 0 Å². The molecule has 6 nitrogen and oxygen atoms in total. The number of nitrogens with zero attached hydrogens (tertiary/aromatic N) is 1. The van der Waals surface area contributed by atoms with Crippen molar-refractivity contribution in [1.82, 2.24) is 10.6 Å². The molecule has 0 amide bonds. The Morgan fingerprint density at radius 2 is 2.07 bits per heavy atom. The second kappa shape index (κ2) is 14.9. The van der Waals surface area contributed by atoms with E-state index in [0.717, 1.165) is 70.2 Å². The molecule has 0 aliphatic carbocycles. The lowest BCUT2D eigenvalue weighted by molar-refractivity contribution is 0.0171. The van der Waals surface area contributed by atoms with Crippen molar-refractivity contribution in [2.24, 2.45) is 4.99 Å². The SMILES string of the molecule is CCNC(=NCCCOCC1CCCO1)NCCc1ccc(OC)cc1.I. The molecule has 0 saturated carbocycles. The molecule has 1 heterocycles. The highest BCUT2D eigenvalue weighted by Crippen LogP contribution is 2.12. The summed E-state index contributed by atoms with van der Waals surface area (Å²) in [5.74, 6) is 1.75. The van der Waals surface area contributed by atoms with Crippen LogP contribution in [0.3, 0.4) is 0 Å². The van der Waals surface area contributed by atoms with Gasteiger partial charge in [0.05, 0.1) is 19.8 Å². The van der Waals surface area contributed by atoms with Crippen molar-refractivity contribution in [2.45, 2.75) is 38.7 Å². The minimum atomic E-state index is 0. The fourth-order valence-corrected chi connectivity index (χ4v) is 2.81. The highest BCUT2D eigenvalue weighted by Gasteiger charge is 2.14. The maximum Gasteiger partial charge on any atom is 0.191 e. The van der Waals surface area contributed by atoms with Crippen LogP contribution in [-0.4, -0.2) is 58.6 Å². The first-order valence-electron chi connectivity index (χ1n) is 9.66. The number of guanidine groups is 1. The molecule has 1 aromatic rings. The van der Waals surface area contributed by atoms with Crippen LogP contribution in [-0.2, 0) is 15.9 Å². The van der Waals surface area contributed by atoms with Crippen LogP contribution < -0.4 is 15.4 Å². The van der Waals surface area contributed by atoms with E-state index in [1.165, 1.54) is 5.56 Å². The van der Waals surface area contributed by atoms with Gasteiger partial charge in [-0.05, 0) is 50.3 Å². The van der Waals surface area contributed by atoms with Crippen LogP contribution in [0.4, 0.5) is 0 Å². The normalized spacial score (nSPS) is 16.7. The first kappa shape index (κ1) is 24.0. The zero-order chi connectivity index (χ0) is 18.5. The van der Waals surface area contributed by atoms with Crippen molar-refractivity contribution in [3.63, 3.8) is 0 Å². The van der Waals surface area contributed by atoms with Crippen molar-refractivity contribution < 1.29 is 14.2 Å². The molecule has 1 atom stereocenters. The van der Waals surface area contributed by atoms with Crippen LogP contribution in [0, 0.1) is 0 Å². The first-order chi connectivity index (χ1) is 12.8. The first-order valence-corrected chi connectivity index (χ1v) is 9.66. The van der Waals surface area contributed by atoms with E-state index in [0.29, 0.717) is 12.7 Å². The molecule has 2 N–H and O–H groups in total. The van der Waals surface area contributed by atoms with Gasteiger partial charge in [0.25, 0.3) is 0 Å². The average molecular weight is 491 g/mol. The van der Waals surface area contributed by atoms with Crippen molar-refractivity contribution in [2.75, 3.05) is 46.6 Å². The maximum atomic E-state index is 5.67. The lowest BCUT2D eigenvalue weighted by Gasteiger charge is -2.12. The van der Waals surface area contributed by atoms with Gasteiger partial charge in [-0.3, -0.25) is 4.99 Å². The number of rotatable bonds is 11. The number of aliphatic imine (C=N–C) groups is 1. The van der Waals surface area contributed by atoms with Crippen molar-refractivity contribution in [3.8, 4) is 5.75 Å². The van der Waals surface area contributed by atoms with Gasteiger partial charge in [-0.2, -0.15) is 0 Å². The Kier molecular flexibility index (Phi) is 13.3. The fraction of sp³-hybridized carbons (Fsp3) is 0.650. The summed E-state index contributed by atoms with van der Waals surface area (Å²) in [5, 5.41) is 6.66. The van der Waals surface area contributed by atoms with Gasteiger partial charge in [-0.25, -0.2) is 0 Å². The van der Waals surface area contributed by atoms with Crippen molar-refractivity contribution in [1.29, 1.82) is 0 Å². The predicted molar refractivity (Wildman–Crippen MR) is 121 cm³/mol. The largest absolute Gasteiger partial charge is 0.497 e. The molecule has 1 unspecified atom stereocenters. The smallest absolute Gasteiger partial charge is 0.191 e. The molecule has 1 aliphatic rings. The maximum absolute atomic E-state index is 5.67. The lowest BCUT2D eigenvalue weighted by atomic mass is 10.1. The van der Waals surface area contributed by atoms with Gasteiger partial charge in [0.15, 0.2) is 5.96 Å². The number of ether oxygens (including phenoxy) is 3. The standard InChI is InChI=1S/C20H33N3O3.HI/c1-3-21-20(22-12-5-14-25-16-19-6-4-15-26-19)23-13-11-17-7-9-18(24-2)10-8-17;/h7-10,19H,3-6,11-16H2,1-2H3,(H2,21,22,23);1H. The molecule has 1 aliphatic heterocycles. The van der Waals surface area contributed by atoms with E-state index in [2.05, 4.69) is 34.7 Å². The highest BCUT2D eigenvalue weighted by molar-refractivity contribution is 14.0. The van der Waals surface area contributed by atoms with E-state index in [4.69, 9.17) is 14.2 Å². The van der Waals surface area contributed by atoms with Crippen molar-refractivity contribution >= 4 is 29.9 Å². The molecular weight excluding hydrogens is 457 g/mol. The number of methoxy groups -OCH3 is 1. The number of benzene rings is 1. The predicted octanol–water partition coefficient (Wildman–Crippen LogP) is 3.00. The van der Waals surface area contributed by atoms with Crippen LogP contribution in [0.2, 0.25) is 0 Å². The molecular formula is C20H34IN3O3. The van der Waals surface area contributed by atoms with E-state index in [9.17, 15) is 0 Å². The molecule has 0 radical (unpaired) electrons. The Hall–Kier alpha value is -1.06. The number of hydrogen-bond acceptors (Lipinski definition) is 4. The topological polar surface area (TPSA) is 64.1 Å². The Balaban J connectivity index is 0.00000364. The molecule has 1 saturated heterocycles. The molecule has 154 valence electrons. The van der Waals surface area contributed by atoms with E-state index in [1.54, 1.807) is 7.11 Å². The van der Waals surface area contributed by atoms with Gasteiger partial charge in [-0.15, -0.1) is 24.0 Å². The third kappa shape index (κ3) is 10.2. The summed E-state index contributed by atoms with van der Waals surface area (Å²) in [4.78, 5) is 4.60. The minimum absolute atomic E-state index is 0. The number of hydrogen-bond donors (Lipinski definition) is 2. The third-order valence-electron chi connectivity index (χ3n) is 4.25. The van der Waals surface area contributed by atoms with Gasteiger partial charge < -0.3 is 24.8 Å². The molecule has 0 bridgehead atoms. The number of nitrogens with one attached hydrogen (secondary N) is 2. The second-order valence-corrected chi connectivity index (χ2v) is 6.35. The van der Waals surface area contributed by atoms with E-state index in [1.807, 2.05) is 12.1 Å². The molecule has 2 rings (SSSR count). The van der Waals surface area contributed by atoms with Crippen LogP contribution in [0.25, 0.3) is 0 Å². The fourth-order valence-electron chi connectivity index (χ4n) is 2.81. The second-order valence-electron chi connectivity index (χ2n) is 6.35. The monoisotopic (exact) mass is 491 g/mol. The molecule has 1 fully saturated rings. The van der Waals surface area contributed by atoms with Gasteiger partial charge in [0.1, 0.15) is 5.75 Å². The minimum Gasteiger partial charge on any atom is -0.497 e. The molecule has 1 aromatic carbocycles. The van der Waals surface area contributed by atoms with E-state index in [-0.39, 0.29) is 24.0 Å². The van der Waals surface area contributed by atoms with Crippen LogP contribution in [0.15, 0.2) is 29.3 Å². The lowest BCUT2D eigenvalue weighted by Crippen LogP contribution is -2.38. The summed E-state index contributed by atoms with van der Waals surface area (Å²) in [6, 6.07) is 8.17. The molecule has 7 heteroatoms. The van der Waals surface area contributed by atoms with Crippen molar-refractivity contribution in [3.05, 3.63) is 29.8 Å². The zero-order valence-corrected chi connectivity index (χ0v) is 18.9. The van der Waals surface area contributed by atoms with Gasteiger partial charge in [0.2, 0.25) is 0 Å². The van der Waals surface area contributed by atoms with E-state index >= 15 is 0 Å². The van der Waals surface area contributed by atoms with Gasteiger partial charge in [-0.1, -0.05) is 12.1 Å². The van der Waals surface area contributed by atoms with Crippen LogP contribution >= 0.6 is 24.0 Å². The summed E-state index contributed by atoms with van der Waals surface area (Å²) >= 11 is 0. The quantitative estimate of drug-likeness (QED) is 0.216. The summed E-state index contributed by atoms with van der Waals surface area (Å²) in [7, 11) is 1.68. The van der Waals surface area contributed by atoms with E-state index < -0.39 is 0 Å². The Morgan fingerprint density at radius 1 is 1.26 bits per heavy atom. The Morgan fingerprint density at radius 3 is 2.74 bits per heavy atom. The Labute approximate surface area is 180 Å². The average Bonchev–Trinajstić information content (AvgIpc) is 3.18. The molecule has 27 heavy (non-hydrogen) atoms. The number of halogens is 1. The van der Waals surface area contributed by atoms with Crippen LogP contribution in [0.5, 0.6) is 5.75 Å². The third-order valence-corrected chi connectivity index (χ3v) is 4.25. The summed E-state index contributed by atoms with van der Waals surface area (Å²) in [5.41, 5.74) is 1.27. The highest BCUT2D eigenvalue weighted by atomic mass is 127. The zero-order valence-electron chi connectivity index (χ0n) is 16.5. The van der Waals surface area contributed by atoms with Gasteiger partial charge in [0, 0.05) is 32.8 Å². The van der Waals surface area contributed by atoms with Crippen LogP contribution in [0.1, 0.15) is 31.7 Å². The summed E-state index contributed by atoms with van der Waals surface area (Å²) in [6.07, 6.45) is 4.45.